The van der Waals surface area contributed by atoms with Gasteiger partial charge >= 0.3 is 0 Å². The summed E-state index contributed by atoms with van der Waals surface area (Å²) in [5, 5.41) is 7.83. The van der Waals surface area contributed by atoms with Crippen LogP contribution in [-0.4, -0.2) is 24.7 Å². The Morgan fingerprint density at radius 2 is 1.96 bits per heavy atom. The summed E-state index contributed by atoms with van der Waals surface area (Å²) in [6.45, 7) is 2.56. The number of anilines is 2. The van der Waals surface area contributed by atoms with Crippen LogP contribution in [0.3, 0.4) is 0 Å². The molecule has 0 spiro atoms. The molecular formula is C19H18BrN3O. The normalized spacial score (nSPS) is 17.8. The van der Waals surface area contributed by atoms with Crippen molar-refractivity contribution in [1.29, 1.82) is 0 Å². The van der Waals surface area contributed by atoms with Gasteiger partial charge in [0.15, 0.2) is 0 Å². The highest BCUT2D eigenvalue weighted by atomic mass is 79.9. The van der Waals surface area contributed by atoms with Gasteiger partial charge in [0.2, 0.25) is 0 Å². The molecule has 2 heterocycles. The van der Waals surface area contributed by atoms with Crippen molar-refractivity contribution in [2.45, 2.75) is 6.10 Å². The molecule has 122 valence electrons. The number of halogens is 1. The number of rotatable bonds is 3. The Labute approximate surface area is 149 Å². The number of nitrogens with one attached hydrogen (secondary N) is 2. The van der Waals surface area contributed by atoms with Gasteiger partial charge in [-0.15, -0.1) is 0 Å². The molecule has 0 aliphatic carbocycles. The minimum absolute atomic E-state index is 0.143. The maximum Gasteiger partial charge on any atom is 0.131 e. The van der Waals surface area contributed by atoms with E-state index in [1.807, 2.05) is 24.3 Å². The molecule has 3 aromatic rings. The topological polar surface area (TPSA) is 46.2 Å². The fourth-order valence-corrected chi connectivity index (χ4v) is 3.38. The van der Waals surface area contributed by atoms with E-state index in [1.54, 1.807) is 0 Å². The zero-order valence-corrected chi connectivity index (χ0v) is 14.7. The van der Waals surface area contributed by atoms with Gasteiger partial charge in [0.05, 0.1) is 18.2 Å². The SMILES string of the molecule is Brc1cccc2nc(Nc3ccc(C4CNCCO4)cc3)ccc12. The molecular weight excluding hydrogens is 366 g/mol. The minimum Gasteiger partial charge on any atom is -0.371 e. The van der Waals surface area contributed by atoms with E-state index in [0.717, 1.165) is 46.6 Å². The van der Waals surface area contributed by atoms with Gasteiger partial charge in [-0.2, -0.15) is 0 Å². The lowest BCUT2D eigenvalue weighted by Crippen LogP contribution is -2.33. The van der Waals surface area contributed by atoms with Crippen molar-refractivity contribution in [3.8, 4) is 0 Å². The summed E-state index contributed by atoms with van der Waals surface area (Å²) in [6, 6.07) is 18.5. The molecule has 1 saturated heterocycles. The third-order valence-electron chi connectivity index (χ3n) is 4.16. The van der Waals surface area contributed by atoms with Gasteiger partial charge in [-0.25, -0.2) is 4.98 Å². The molecule has 1 fully saturated rings. The van der Waals surface area contributed by atoms with Crippen molar-refractivity contribution < 1.29 is 4.74 Å². The van der Waals surface area contributed by atoms with Gasteiger partial charge < -0.3 is 15.4 Å². The Morgan fingerprint density at radius 1 is 1.08 bits per heavy atom. The quantitative estimate of drug-likeness (QED) is 0.703. The van der Waals surface area contributed by atoms with Gasteiger partial charge in [0, 0.05) is 28.6 Å². The summed E-state index contributed by atoms with van der Waals surface area (Å²) in [4.78, 5) is 4.67. The minimum atomic E-state index is 0.143. The second kappa shape index (κ2) is 6.89. The van der Waals surface area contributed by atoms with Crippen molar-refractivity contribution in [1.82, 2.24) is 10.3 Å². The lowest BCUT2D eigenvalue weighted by atomic mass is 10.1. The Hall–Kier alpha value is -1.95. The van der Waals surface area contributed by atoms with E-state index in [4.69, 9.17) is 4.74 Å². The van der Waals surface area contributed by atoms with Gasteiger partial charge in [-0.05, 0) is 42.0 Å². The van der Waals surface area contributed by atoms with Crippen LogP contribution in [0.2, 0.25) is 0 Å². The van der Waals surface area contributed by atoms with Crippen LogP contribution in [0.5, 0.6) is 0 Å². The zero-order valence-electron chi connectivity index (χ0n) is 13.1. The maximum atomic E-state index is 5.78. The average molecular weight is 384 g/mol. The van der Waals surface area contributed by atoms with Crippen LogP contribution in [0.4, 0.5) is 11.5 Å². The summed E-state index contributed by atoms with van der Waals surface area (Å²) < 4.78 is 6.84. The first-order valence-electron chi connectivity index (χ1n) is 8.04. The van der Waals surface area contributed by atoms with E-state index >= 15 is 0 Å². The summed E-state index contributed by atoms with van der Waals surface area (Å²) in [7, 11) is 0. The Morgan fingerprint density at radius 3 is 2.75 bits per heavy atom. The molecule has 5 heteroatoms. The third kappa shape index (κ3) is 3.29. The summed E-state index contributed by atoms with van der Waals surface area (Å²) in [6.07, 6.45) is 0.143. The summed E-state index contributed by atoms with van der Waals surface area (Å²) in [5.74, 6) is 0.837. The second-order valence-electron chi connectivity index (χ2n) is 5.81. The number of ether oxygens (including phenoxy) is 1. The fourth-order valence-electron chi connectivity index (χ4n) is 2.90. The number of fused-ring (bicyclic) bond motifs is 1. The van der Waals surface area contributed by atoms with Crippen molar-refractivity contribution in [3.63, 3.8) is 0 Å². The van der Waals surface area contributed by atoms with Crippen LogP contribution in [0.1, 0.15) is 11.7 Å². The first-order chi connectivity index (χ1) is 11.8. The fraction of sp³-hybridized carbons (Fsp3) is 0.211. The lowest BCUT2D eigenvalue weighted by molar-refractivity contribution is 0.0277. The average Bonchev–Trinajstić information content (AvgIpc) is 2.63. The van der Waals surface area contributed by atoms with E-state index in [9.17, 15) is 0 Å². The number of hydrogen-bond donors (Lipinski definition) is 2. The van der Waals surface area contributed by atoms with Gasteiger partial charge in [0.1, 0.15) is 5.82 Å². The highest BCUT2D eigenvalue weighted by molar-refractivity contribution is 9.10. The van der Waals surface area contributed by atoms with Crippen molar-refractivity contribution in [2.24, 2.45) is 0 Å². The van der Waals surface area contributed by atoms with Gasteiger partial charge in [-0.1, -0.05) is 34.1 Å². The van der Waals surface area contributed by atoms with Crippen molar-refractivity contribution >= 4 is 38.3 Å². The molecule has 1 aromatic heterocycles. The Kier molecular flexibility index (Phi) is 4.47. The highest BCUT2D eigenvalue weighted by Gasteiger charge is 2.15. The van der Waals surface area contributed by atoms with Crippen LogP contribution in [-0.2, 0) is 4.74 Å². The molecule has 1 atom stereocenters. The Bertz CT molecular complexity index is 845. The van der Waals surface area contributed by atoms with Gasteiger partial charge in [-0.3, -0.25) is 0 Å². The van der Waals surface area contributed by atoms with Crippen LogP contribution < -0.4 is 10.6 Å². The maximum absolute atomic E-state index is 5.78. The monoisotopic (exact) mass is 383 g/mol. The molecule has 0 bridgehead atoms. The second-order valence-corrected chi connectivity index (χ2v) is 6.67. The Balaban J connectivity index is 1.52. The van der Waals surface area contributed by atoms with Crippen LogP contribution in [0, 0.1) is 0 Å². The zero-order chi connectivity index (χ0) is 16.4. The first kappa shape index (κ1) is 15.6. The molecule has 2 aromatic carbocycles. The smallest absolute Gasteiger partial charge is 0.131 e. The lowest BCUT2D eigenvalue weighted by Gasteiger charge is -2.24. The van der Waals surface area contributed by atoms with Crippen molar-refractivity contribution in [3.05, 3.63) is 64.6 Å². The van der Waals surface area contributed by atoms with E-state index in [-0.39, 0.29) is 6.10 Å². The molecule has 2 N–H and O–H groups in total. The molecule has 0 amide bonds. The molecule has 4 nitrogen and oxygen atoms in total. The summed E-state index contributed by atoms with van der Waals surface area (Å²) >= 11 is 3.56. The van der Waals surface area contributed by atoms with Crippen LogP contribution in [0.25, 0.3) is 10.9 Å². The summed E-state index contributed by atoms with van der Waals surface area (Å²) in [5.41, 5.74) is 3.18. The standard InChI is InChI=1S/C19H18BrN3O/c20-16-2-1-3-17-15(16)8-9-19(23-17)22-14-6-4-13(5-7-14)18-12-21-10-11-24-18/h1-9,18,21H,10-12H2,(H,22,23). The first-order valence-corrected chi connectivity index (χ1v) is 8.83. The van der Waals surface area contributed by atoms with E-state index < -0.39 is 0 Å². The number of hydrogen-bond acceptors (Lipinski definition) is 4. The highest BCUT2D eigenvalue weighted by Crippen LogP contribution is 2.26. The molecule has 24 heavy (non-hydrogen) atoms. The van der Waals surface area contributed by atoms with E-state index in [2.05, 4.69) is 61.9 Å². The molecule has 1 aliphatic rings. The number of pyridine rings is 1. The van der Waals surface area contributed by atoms with Gasteiger partial charge in [0.25, 0.3) is 0 Å². The number of benzene rings is 2. The van der Waals surface area contributed by atoms with Crippen molar-refractivity contribution in [2.75, 3.05) is 25.0 Å². The molecule has 4 rings (SSSR count). The van der Waals surface area contributed by atoms with E-state index in [0.29, 0.717) is 0 Å². The predicted octanol–water partition coefficient (Wildman–Crippen LogP) is 4.40. The molecule has 1 aliphatic heterocycles. The number of morpholine rings is 1. The predicted molar refractivity (Wildman–Crippen MR) is 101 cm³/mol. The van der Waals surface area contributed by atoms with Crippen LogP contribution >= 0.6 is 15.9 Å². The molecule has 0 saturated carbocycles. The third-order valence-corrected chi connectivity index (χ3v) is 4.85. The number of nitrogens with zero attached hydrogens (tertiary/aromatic N) is 1. The largest absolute Gasteiger partial charge is 0.371 e. The molecule has 1 unspecified atom stereocenters. The van der Waals surface area contributed by atoms with E-state index in [1.165, 1.54) is 5.56 Å². The van der Waals surface area contributed by atoms with Crippen LogP contribution in [0.15, 0.2) is 59.1 Å². The number of aromatic nitrogens is 1. The molecule has 0 radical (unpaired) electrons.